The van der Waals surface area contributed by atoms with E-state index in [0.717, 1.165) is 12.8 Å². The Morgan fingerprint density at radius 2 is 1.75 bits per heavy atom. The number of rotatable bonds is 7. The highest BCUT2D eigenvalue weighted by molar-refractivity contribution is 5.83. The van der Waals surface area contributed by atoms with Gasteiger partial charge in [0.25, 0.3) is 0 Å². The van der Waals surface area contributed by atoms with Crippen molar-refractivity contribution in [2.45, 2.75) is 39.7 Å². The van der Waals surface area contributed by atoms with Crippen LogP contribution in [0.4, 0.5) is 0 Å². The molecule has 3 N–H and O–H groups in total. The first-order valence-corrected chi connectivity index (χ1v) is 5.70. The fraction of sp³-hybridized carbons (Fsp3) is 0.818. The standard InChI is InChI=1S/C11H22N2O3/c1-4-9(5-2)10(15)6-13-11(16)7-12-8(3)14/h9-10,15H,4-7H2,1-3H3,(H,12,14)(H,13,16). The van der Waals surface area contributed by atoms with Crippen molar-refractivity contribution in [2.75, 3.05) is 13.1 Å². The second-order valence-corrected chi connectivity index (χ2v) is 3.86. The molecule has 0 fully saturated rings. The highest BCUT2D eigenvalue weighted by Gasteiger charge is 2.15. The molecule has 0 saturated heterocycles. The lowest BCUT2D eigenvalue weighted by Crippen LogP contribution is -2.41. The van der Waals surface area contributed by atoms with Crippen molar-refractivity contribution in [3.8, 4) is 0 Å². The molecule has 5 nitrogen and oxygen atoms in total. The maximum atomic E-state index is 11.2. The Bertz CT molecular complexity index is 227. The molecule has 0 bridgehead atoms. The zero-order valence-electron chi connectivity index (χ0n) is 10.2. The van der Waals surface area contributed by atoms with Gasteiger partial charge in [0.2, 0.25) is 11.8 Å². The molecule has 0 aliphatic heterocycles. The second-order valence-electron chi connectivity index (χ2n) is 3.86. The van der Waals surface area contributed by atoms with Gasteiger partial charge in [0.15, 0.2) is 0 Å². The summed E-state index contributed by atoms with van der Waals surface area (Å²) in [6, 6.07) is 0. The van der Waals surface area contributed by atoms with Crippen LogP contribution >= 0.6 is 0 Å². The summed E-state index contributed by atoms with van der Waals surface area (Å²) in [7, 11) is 0. The minimum absolute atomic E-state index is 0.0367. The maximum Gasteiger partial charge on any atom is 0.239 e. The minimum atomic E-state index is -0.517. The van der Waals surface area contributed by atoms with Crippen molar-refractivity contribution in [1.82, 2.24) is 10.6 Å². The molecule has 5 heteroatoms. The third-order valence-electron chi connectivity index (χ3n) is 2.60. The number of aliphatic hydroxyl groups is 1. The van der Waals surface area contributed by atoms with E-state index in [1.54, 1.807) is 0 Å². The minimum Gasteiger partial charge on any atom is -0.391 e. The Labute approximate surface area is 96.6 Å². The van der Waals surface area contributed by atoms with Crippen LogP contribution in [0.2, 0.25) is 0 Å². The monoisotopic (exact) mass is 230 g/mol. The Balaban J connectivity index is 3.77. The maximum absolute atomic E-state index is 11.2. The van der Waals surface area contributed by atoms with E-state index in [9.17, 15) is 14.7 Å². The van der Waals surface area contributed by atoms with Crippen LogP contribution in [0, 0.1) is 5.92 Å². The Hall–Kier alpha value is -1.10. The van der Waals surface area contributed by atoms with Gasteiger partial charge in [-0.05, 0) is 5.92 Å². The molecule has 0 aromatic rings. The van der Waals surface area contributed by atoms with Crippen molar-refractivity contribution < 1.29 is 14.7 Å². The second kappa shape index (κ2) is 8.10. The predicted octanol–water partition coefficient (Wildman–Crippen LogP) is 0.0358. The molecule has 0 aromatic heterocycles. The largest absolute Gasteiger partial charge is 0.391 e. The molecule has 0 aliphatic carbocycles. The summed E-state index contributed by atoms with van der Waals surface area (Å²) in [4.78, 5) is 21.8. The van der Waals surface area contributed by atoms with Gasteiger partial charge in [-0.25, -0.2) is 0 Å². The molecule has 0 saturated carbocycles. The molecule has 0 heterocycles. The van der Waals surface area contributed by atoms with Crippen LogP contribution in [0.5, 0.6) is 0 Å². The third-order valence-corrected chi connectivity index (χ3v) is 2.60. The highest BCUT2D eigenvalue weighted by atomic mass is 16.3. The van der Waals surface area contributed by atoms with E-state index >= 15 is 0 Å². The third kappa shape index (κ3) is 6.40. The van der Waals surface area contributed by atoms with Gasteiger partial charge in [0.1, 0.15) is 0 Å². The van der Waals surface area contributed by atoms with Gasteiger partial charge in [-0.2, -0.15) is 0 Å². The molecule has 94 valence electrons. The van der Waals surface area contributed by atoms with E-state index in [0.29, 0.717) is 0 Å². The van der Waals surface area contributed by atoms with E-state index in [4.69, 9.17) is 0 Å². The van der Waals surface area contributed by atoms with Crippen LogP contribution in [-0.4, -0.2) is 36.1 Å². The first-order valence-electron chi connectivity index (χ1n) is 5.70. The lowest BCUT2D eigenvalue weighted by molar-refractivity contribution is -0.125. The average Bonchev–Trinajstić information content (AvgIpc) is 2.25. The SMILES string of the molecule is CCC(CC)C(O)CNC(=O)CNC(C)=O. The van der Waals surface area contributed by atoms with Gasteiger partial charge in [0, 0.05) is 13.5 Å². The number of aliphatic hydroxyl groups excluding tert-OH is 1. The van der Waals surface area contributed by atoms with Crippen molar-refractivity contribution in [1.29, 1.82) is 0 Å². The number of hydrogen-bond donors (Lipinski definition) is 3. The van der Waals surface area contributed by atoms with Crippen molar-refractivity contribution >= 4 is 11.8 Å². The molecule has 0 radical (unpaired) electrons. The Kier molecular flexibility index (Phi) is 7.54. The van der Waals surface area contributed by atoms with E-state index < -0.39 is 6.10 Å². The van der Waals surface area contributed by atoms with Gasteiger partial charge < -0.3 is 15.7 Å². The molecule has 1 atom stereocenters. The number of hydrogen-bond acceptors (Lipinski definition) is 3. The van der Waals surface area contributed by atoms with Gasteiger partial charge in [0.05, 0.1) is 12.6 Å². The fourth-order valence-corrected chi connectivity index (χ4v) is 1.49. The van der Waals surface area contributed by atoms with Crippen LogP contribution < -0.4 is 10.6 Å². The normalized spacial score (nSPS) is 12.3. The zero-order chi connectivity index (χ0) is 12.6. The average molecular weight is 230 g/mol. The van der Waals surface area contributed by atoms with Crippen molar-refractivity contribution in [3.05, 3.63) is 0 Å². The molecule has 0 spiro atoms. The molecule has 0 aliphatic rings. The quantitative estimate of drug-likeness (QED) is 0.577. The summed E-state index contributed by atoms with van der Waals surface area (Å²) < 4.78 is 0. The zero-order valence-corrected chi connectivity index (χ0v) is 10.2. The van der Waals surface area contributed by atoms with E-state index in [1.807, 2.05) is 13.8 Å². The van der Waals surface area contributed by atoms with E-state index in [-0.39, 0.29) is 30.8 Å². The lowest BCUT2D eigenvalue weighted by Gasteiger charge is -2.20. The molecule has 0 rings (SSSR count). The Morgan fingerprint density at radius 3 is 2.19 bits per heavy atom. The van der Waals surface area contributed by atoms with Crippen LogP contribution in [-0.2, 0) is 9.59 Å². The van der Waals surface area contributed by atoms with Crippen LogP contribution in [0.15, 0.2) is 0 Å². The summed E-state index contributed by atoms with van der Waals surface area (Å²) in [5, 5.41) is 14.7. The molecule has 0 aromatic carbocycles. The summed E-state index contributed by atoms with van der Waals surface area (Å²) in [6.07, 6.45) is 1.26. The van der Waals surface area contributed by atoms with Crippen LogP contribution in [0.25, 0.3) is 0 Å². The Morgan fingerprint density at radius 1 is 1.19 bits per heavy atom. The number of carbonyl (C=O) groups excluding carboxylic acids is 2. The van der Waals surface area contributed by atoms with Gasteiger partial charge in [-0.1, -0.05) is 26.7 Å². The first kappa shape index (κ1) is 14.9. The summed E-state index contributed by atoms with van der Waals surface area (Å²) >= 11 is 0. The summed E-state index contributed by atoms with van der Waals surface area (Å²) in [6.45, 7) is 5.58. The van der Waals surface area contributed by atoms with Crippen LogP contribution in [0.3, 0.4) is 0 Å². The van der Waals surface area contributed by atoms with Gasteiger partial charge in [-0.3, -0.25) is 9.59 Å². The summed E-state index contributed by atoms with van der Waals surface area (Å²) in [5.74, 6) is -0.308. The fourth-order valence-electron chi connectivity index (χ4n) is 1.49. The molecule has 2 amide bonds. The van der Waals surface area contributed by atoms with E-state index in [2.05, 4.69) is 10.6 Å². The lowest BCUT2D eigenvalue weighted by atomic mass is 9.96. The van der Waals surface area contributed by atoms with Crippen molar-refractivity contribution in [2.24, 2.45) is 5.92 Å². The predicted molar refractivity (Wildman–Crippen MR) is 61.8 cm³/mol. The molecular weight excluding hydrogens is 208 g/mol. The number of amides is 2. The highest BCUT2D eigenvalue weighted by Crippen LogP contribution is 2.11. The number of carbonyl (C=O) groups is 2. The topological polar surface area (TPSA) is 78.4 Å². The van der Waals surface area contributed by atoms with Gasteiger partial charge in [-0.15, -0.1) is 0 Å². The number of nitrogens with one attached hydrogen (secondary N) is 2. The molecular formula is C11H22N2O3. The van der Waals surface area contributed by atoms with Crippen molar-refractivity contribution in [3.63, 3.8) is 0 Å². The molecule has 1 unspecified atom stereocenters. The van der Waals surface area contributed by atoms with E-state index in [1.165, 1.54) is 6.92 Å². The molecule has 16 heavy (non-hydrogen) atoms. The van der Waals surface area contributed by atoms with Crippen LogP contribution in [0.1, 0.15) is 33.6 Å². The first-order chi connectivity index (χ1) is 7.51. The summed E-state index contributed by atoms with van der Waals surface area (Å²) in [5.41, 5.74) is 0. The van der Waals surface area contributed by atoms with Gasteiger partial charge >= 0.3 is 0 Å². The smallest absolute Gasteiger partial charge is 0.239 e.